The normalized spacial score (nSPS) is 20.3. The largest absolute Gasteiger partial charge is 0.477 e. The number of benzene rings is 1. The lowest BCUT2D eigenvalue weighted by Crippen LogP contribution is -2.32. The van der Waals surface area contributed by atoms with E-state index >= 15 is 0 Å². The zero-order valence-electron chi connectivity index (χ0n) is 16.9. The van der Waals surface area contributed by atoms with Crippen molar-refractivity contribution < 1.29 is 28.8 Å². The van der Waals surface area contributed by atoms with E-state index in [4.69, 9.17) is 9.84 Å². The van der Waals surface area contributed by atoms with E-state index in [-0.39, 0.29) is 17.2 Å². The summed E-state index contributed by atoms with van der Waals surface area (Å²) in [7, 11) is -3.00. The van der Waals surface area contributed by atoms with Crippen molar-refractivity contribution in [2.24, 2.45) is 0 Å². The molecule has 1 saturated heterocycles. The fourth-order valence-corrected chi connectivity index (χ4v) is 5.98. The molecule has 30 heavy (non-hydrogen) atoms. The van der Waals surface area contributed by atoms with Crippen LogP contribution in [0.2, 0.25) is 0 Å². The first-order chi connectivity index (χ1) is 14.3. The molecule has 3 rings (SSSR count). The molecule has 1 fully saturated rings. The van der Waals surface area contributed by atoms with E-state index in [0.717, 1.165) is 41.0 Å². The summed E-state index contributed by atoms with van der Waals surface area (Å²) in [6.07, 6.45) is 3.26. The van der Waals surface area contributed by atoms with E-state index in [2.05, 4.69) is 6.92 Å². The predicted octanol–water partition coefficient (Wildman–Crippen LogP) is 5.48. The first kappa shape index (κ1) is 23.1. The van der Waals surface area contributed by atoms with Gasteiger partial charge in [0.15, 0.2) is 6.23 Å². The molecule has 0 spiro atoms. The van der Waals surface area contributed by atoms with Crippen LogP contribution >= 0.6 is 22.1 Å². The molecular formula is C21H29NO6S2. The molecule has 166 valence electrons. The Morgan fingerprint density at radius 1 is 1.23 bits per heavy atom. The van der Waals surface area contributed by atoms with Crippen LogP contribution < -0.4 is 4.31 Å². The number of hydrogen-bond donors (Lipinski definition) is 4. The molecule has 2 heterocycles. The zero-order valence-corrected chi connectivity index (χ0v) is 18.6. The summed E-state index contributed by atoms with van der Waals surface area (Å²) in [5.41, 5.74) is 1.43. The van der Waals surface area contributed by atoms with Gasteiger partial charge >= 0.3 is 5.97 Å². The minimum atomic E-state index is -3.00. The summed E-state index contributed by atoms with van der Waals surface area (Å²) in [6, 6.07) is 10.4. The smallest absolute Gasteiger partial charge is 0.345 e. The Labute approximate surface area is 182 Å². The molecule has 0 bridgehead atoms. The van der Waals surface area contributed by atoms with Crippen LogP contribution in [0.4, 0.5) is 5.69 Å². The average molecular weight is 456 g/mol. The van der Waals surface area contributed by atoms with Crippen molar-refractivity contribution >= 4 is 33.8 Å². The van der Waals surface area contributed by atoms with Gasteiger partial charge in [0.25, 0.3) is 0 Å². The van der Waals surface area contributed by atoms with Crippen molar-refractivity contribution in [2.45, 2.75) is 58.0 Å². The van der Waals surface area contributed by atoms with Crippen LogP contribution in [0.3, 0.4) is 0 Å². The number of aliphatic hydroxyl groups is 1. The lowest BCUT2D eigenvalue weighted by Gasteiger charge is -2.40. The van der Waals surface area contributed by atoms with E-state index in [9.17, 15) is 19.0 Å². The van der Waals surface area contributed by atoms with Crippen molar-refractivity contribution in [3.63, 3.8) is 0 Å². The third-order valence-electron chi connectivity index (χ3n) is 5.12. The second kappa shape index (κ2) is 10.1. The molecule has 1 aliphatic rings. The summed E-state index contributed by atoms with van der Waals surface area (Å²) in [5.74, 6) is -0.760. The molecule has 0 radical (unpaired) electrons. The predicted molar refractivity (Wildman–Crippen MR) is 120 cm³/mol. The Balaban J connectivity index is 1.67. The highest BCUT2D eigenvalue weighted by Crippen LogP contribution is 2.54. The topological polar surface area (TPSA) is 110 Å². The second-order valence-electron chi connectivity index (χ2n) is 7.39. The van der Waals surface area contributed by atoms with E-state index in [1.165, 1.54) is 10.4 Å². The highest BCUT2D eigenvalue weighted by atomic mass is 32.3. The van der Waals surface area contributed by atoms with Crippen LogP contribution in [0.15, 0.2) is 36.4 Å². The Morgan fingerprint density at radius 2 is 1.97 bits per heavy atom. The molecule has 0 saturated carbocycles. The Kier molecular flexibility index (Phi) is 7.78. The summed E-state index contributed by atoms with van der Waals surface area (Å²) >= 11 is 1.15. The molecular weight excluding hydrogens is 426 g/mol. The van der Waals surface area contributed by atoms with Crippen LogP contribution in [0.1, 0.15) is 65.2 Å². The van der Waals surface area contributed by atoms with Gasteiger partial charge in [-0.25, -0.2) is 9.10 Å². The Bertz CT molecular complexity index is 838. The number of aliphatic hydroxyl groups excluding tert-OH is 1. The number of unbranched alkanes of at least 4 members (excludes halogenated alkanes) is 2. The maximum atomic E-state index is 11.0. The lowest BCUT2D eigenvalue weighted by molar-refractivity contribution is 0.0530. The summed E-state index contributed by atoms with van der Waals surface area (Å²) in [6.45, 7) is 2.32. The highest BCUT2D eigenvalue weighted by Gasteiger charge is 2.38. The molecule has 0 aliphatic carbocycles. The van der Waals surface area contributed by atoms with E-state index < -0.39 is 29.1 Å². The Hall–Kier alpha value is -1.62. The highest BCUT2D eigenvalue weighted by molar-refractivity contribution is 8.25. The van der Waals surface area contributed by atoms with Crippen LogP contribution in [0.25, 0.3) is 0 Å². The SMILES string of the molecule is CCCCCC(O)c1ccc(N2C(OCc3ccc(C(=O)O)s3)CCS2(O)O)cc1. The van der Waals surface area contributed by atoms with Crippen molar-refractivity contribution in [2.75, 3.05) is 10.1 Å². The molecule has 2 unspecified atom stereocenters. The van der Waals surface area contributed by atoms with Gasteiger partial charge < -0.3 is 14.9 Å². The standard InChI is InChI=1S/C21H29NO6S2/c1-2-3-4-5-18(23)15-6-8-16(9-7-15)22-20(12-13-30(22,26)27)28-14-17-10-11-19(29-17)21(24)25/h6-11,18,20,23,26-27H,2-5,12-14H2,1H3,(H,24,25). The molecule has 1 aromatic carbocycles. The van der Waals surface area contributed by atoms with Crippen LogP contribution in [-0.4, -0.2) is 37.3 Å². The summed E-state index contributed by atoms with van der Waals surface area (Å²) in [5, 5.41) is 19.4. The number of carbonyl (C=O) groups is 1. The molecule has 2 atom stereocenters. The number of aromatic carboxylic acids is 1. The minimum Gasteiger partial charge on any atom is -0.477 e. The third kappa shape index (κ3) is 5.54. The van der Waals surface area contributed by atoms with Crippen LogP contribution in [0, 0.1) is 0 Å². The van der Waals surface area contributed by atoms with Gasteiger partial charge in [0.05, 0.1) is 24.2 Å². The summed E-state index contributed by atoms with van der Waals surface area (Å²) < 4.78 is 28.5. The van der Waals surface area contributed by atoms with Gasteiger partial charge in [-0.1, -0.05) is 38.3 Å². The number of carboxylic acid groups (broad SMARTS) is 1. The van der Waals surface area contributed by atoms with Gasteiger partial charge in [0.1, 0.15) is 4.88 Å². The number of ether oxygens (including phenoxy) is 1. The maximum Gasteiger partial charge on any atom is 0.345 e. The number of thiophene rings is 1. The van der Waals surface area contributed by atoms with Crippen molar-refractivity contribution in [3.05, 3.63) is 51.7 Å². The molecule has 9 heteroatoms. The monoisotopic (exact) mass is 455 g/mol. The quantitative estimate of drug-likeness (QED) is 0.351. The number of nitrogens with zero attached hydrogens (tertiary/aromatic N) is 1. The van der Waals surface area contributed by atoms with E-state index in [1.807, 2.05) is 12.1 Å². The zero-order chi connectivity index (χ0) is 21.7. The third-order valence-corrected chi connectivity index (χ3v) is 8.03. The van der Waals surface area contributed by atoms with Gasteiger partial charge in [-0.2, -0.15) is 0 Å². The van der Waals surface area contributed by atoms with Crippen molar-refractivity contribution in [3.8, 4) is 0 Å². The first-order valence-electron chi connectivity index (χ1n) is 10.1. The minimum absolute atomic E-state index is 0.197. The van der Waals surface area contributed by atoms with Crippen LogP contribution in [0.5, 0.6) is 0 Å². The fraction of sp³-hybridized carbons (Fsp3) is 0.476. The number of rotatable bonds is 10. The molecule has 4 N–H and O–H groups in total. The maximum absolute atomic E-state index is 11.0. The number of hydrogen-bond acceptors (Lipinski definition) is 7. The Morgan fingerprint density at radius 3 is 2.60 bits per heavy atom. The molecule has 1 aromatic heterocycles. The fourth-order valence-electron chi connectivity index (χ4n) is 3.50. The van der Waals surface area contributed by atoms with Gasteiger partial charge in [0, 0.05) is 11.3 Å². The number of carboxylic acids is 1. The molecule has 1 aliphatic heterocycles. The number of anilines is 1. The summed E-state index contributed by atoms with van der Waals surface area (Å²) in [4.78, 5) is 12.0. The van der Waals surface area contributed by atoms with Crippen molar-refractivity contribution in [1.29, 1.82) is 0 Å². The van der Waals surface area contributed by atoms with E-state index in [0.29, 0.717) is 18.5 Å². The average Bonchev–Trinajstić information content (AvgIpc) is 3.30. The molecule has 0 amide bonds. The first-order valence-corrected chi connectivity index (χ1v) is 12.6. The van der Waals surface area contributed by atoms with Gasteiger partial charge in [-0.3, -0.25) is 9.11 Å². The van der Waals surface area contributed by atoms with Crippen molar-refractivity contribution in [1.82, 2.24) is 0 Å². The van der Waals surface area contributed by atoms with Gasteiger partial charge in [-0.15, -0.1) is 22.1 Å². The van der Waals surface area contributed by atoms with Gasteiger partial charge in [-0.05, 0) is 36.2 Å². The van der Waals surface area contributed by atoms with Crippen LogP contribution in [-0.2, 0) is 11.3 Å². The second-order valence-corrected chi connectivity index (χ2v) is 10.6. The van der Waals surface area contributed by atoms with Gasteiger partial charge in [0.2, 0.25) is 0 Å². The molecule has 2 aromatic rings. The van der Waals surface area contributed by atoms with E-state index in [1.54, 1.807) is 18.2 Å². The lowest BCUT2D eigenvalue weighted by atomic mass is 10.0. The molecule has 7 nitrogen and oxygen atoms in total.